The van der Waals surface area contributed by atoms with E-state index in [9.17, 15) is 0 Å². The van der Waals surface area contributed by atoms with Crippen molar-refractivity contribution in [3.8, 4) is 17.7 Å². The summed E-state index contributed by atoms with van der Waals surface area (Å²) in [5.41, 5.74) is 6.68. The molecule has 0 spiro atoms. The molecule has 0 aliphatic carbocycles. The van der Waals surface area contributed by atoms with E-state index in [1.54, 1.807) is 24.3 Å². The summed E-state index contributed by atoms with van der Waals surface area (Å²) in [4.78, 5) is 8.05. The Labute approximate surface area is 109 Å². The van der Waals surface area contributed by atoms with Gasteiger partial charge in [-0.3, -0.25) is 0 Å². The van der Waals surface area contributed by atoms with Gasteiger partial charge in [0, 0.05) is 6.07 Å². The standard InChI is InChI=1S/C12H10N4OS/c1-18-12-5-11(15-7-16-12)17-10-3-2-8(6-13)4-9(10)14/h2-5,7H,14H2,1H3. The van der Waals surface area contributed by atoms with E-state index in [0.717, 1.165) is 5.03 Å². The van der Waals surface area contributed by atoms with Crippen molar-refractivity contribution in [2.45, 2.75) is 5.03 Å². The lowest BCUT2D eigenvalue weighted by Crippen LogP contribution is -1.95. The molecular weight excluding hydrogens is 248 g/mol. The van der Waals surface area contributed by atoms with Gasteiger partial charge >= 0.3 is 0 Å². The predicted molar refractivity (Wildman–Crippen MR) is 69.5 cm³/mol. The molecule has 0 aliphatic heterocycles. The van der Waals surface area contributed by atoms with Crippen molar-refractivity contribution in [2.75, 3.05) is 12.0 Å². The van der Waals surface area contributed by atoms with Crippen molar-refractivity contribution in [1.29, 1.82) is 5.26 Å². The number of nitrogens with two attached hydrogens (primary N) is 1. The van der Waals surface area contributed by atoms with Gasteiger partial charge in [0.05, 0.1) is 17.3 Å². The van der Waals surface area contributed by atoms with Crippen molar-refractivity contribution in [3.63, 3.8) is 0 Å². The number of nitrogens with zero attached hydrogens (tertiary/aromatic N) is 3. The summed E-state index contributed by atoms with van der Waals surface area (Å²) in [6.45, 7) is 0. The van der Waals surface area contributed by atoms with Gasteiger partial charge in [-0.25, -0.2) is 9.97 Å². The van der Waals surface area contributed by atoms with Crippen molar-refractivity contribution in [2.24, 2.45) is 0 Å². The maximum atomic E-state index is 8.74. The van der Waals surface area contributed by atoms with Gasteiger partial charge in [0.25, 0.3) is 0 Å². The van der Waals surface area contributed by atoms with Crippen LogP contribution in [0.2, 0.25) is 0 Å². The van der Waals surface area contributed by atoms with E-state index in [-0.39, 0.29) is 0 Å². The number of benzene rings is 1. The number of nitrogen functional groups attached to an aromatic ring is 1. The Morgan fingerprint density at radius 1 is 1.33 bits per heavy atom. The van der Waals surface area contributed by atoms with Gasteiger partial charge in [-0.2, -0.15) is 5.26 Å². The van der Waals surface area contributed by atoms with E-state index in [1.807, 2.05) is 12.3 Å². The van der Waals surface area contributed by atoms with E-state index in [1.165, 1.54) is 18.1 Å². The number of ether oxygens (including phenoxy) is 1. The number of thioether (sulfide) groups is 1. The van der Waals surface area contributed by atoms with E-state index in [2.05, 4.69) is 9.97 Å². The quantitative estimate of drug-likeness (QED) is 0.517. The highest BCUT2D eigenvalue weighted by molar-refractivity contribution is 7.98. The minimum absolute atomic E-state index is 0.401. The summed E-state index contributed by atoms with van der Waals surface area (Å²) in [7, 11) is 0. The van der Waals surface area contributed by atoms with E-state index < -0.39 is 0 Å². The molecule has 0 saturated heterocycles. The highest BCUT2D eigenvalue weighted by atomic mass is 32.2. The lowest BCUT2D eigenvalue weighted by atomic mass is 10.2. The lowest BCUT2D eigenvalue weighted by molar-refractivity contribution is 0.461. The molecule has 18 heavy (non-hydrogen) atoms. The number of anilines is 1. The number of hydrogen-bond donors (Lipinski definition) is 1. The van der Waals surface area contributed by atoms with Crippen LogP contribution in [0.4, 0.5) is 5.69 Å². The second-order valence-corrected chi connectivity index (χ2v) is 4.19. The zero-order valence-electron chi connectivity index (χ0n) is 9.62. The number of aromatic nitrogens is 2. The summed E-state index contributed by atoms with van der Waals surface area (Å²) >= 11 is 1.50. The summed E-state index contributed by atoms with van der Waals surface area (Å²) in [5.74, 6) is 0.894. The Morgan fingerprint density at radius 2 is 2.17 bits per heavy atom. The van der Waals surface area contributed by atoms with E-state index >= 15 is 0 Å². The Morgan fingerprint density at radius 3 is 2.83 bits per heavy atom. The van der Waals surface area contributed by atoms with Crippen LogP contribution < -0.4 is 10.5 Å². The molecule has 6 heteroatoms. The molecule has 0 fully saturated rings. The highest BCUT2D eigenvalue weighted by Gasteiger charge is 2.05. The van der Waals surface area contributed by atoms with Crippen LogP contribution in [-0.2, 0) is 0 Å². The number of rotatable bonds is 3. The minimum atomic E-state index is 0.401. The fourth-order valence-electron chi connectivity index (χ4n) is 1.31. The molecule has 1 aromatic heterocycles. The lowest BCUT2D eigenvalue weighted by Gasteiger charge is -2.07. The molecule has 0 atom stereocenters. The predicted octanol–water partition coefficient (Wildman–Crippen LogP) is 2.44. The summed E-state index contributed by atoms with van der Waals surface area (Å²) in [6.07, 6.45) is 3.35. The Kier molecular flexibility index (Phi) is 3.65. The van der Waals surface area contributed by atoms with Gasteiger partial charge in [0.2, 0.25) is 5.88 Å². The molecule has 5 nitrogen and oxygen atoms in total. The van der Waals surface area contributed by atoms with Crippen LogP contribution >= 0.6 is 11.8 Å². The summed E-state index contributed by atoms with van der Waals surface area (Å²) in [5, 5.41) is 9.55. The fourth-order valence-corrected chi connectivity index (χ4v) is 1.69. The molecule has 0 unspecified atom stereocenters. The molecule has 0 saturated carbocycles. The Balaban J connectivity index is 2.26. The monoisotopic (exact) mass is 258 g/mol. The van der Waals surface area contributed by atoms with Gasteiger partial charge in [-0.15, -0.1) is 11.8 Å². The first-order chi connectivity index (χ1) is 8.72. The van der Waals surface area contributed by atoms with E-state index in [4.69, 9.17) is 15.7 Å². The van der Waals surface area contributed by atoms with Crippen molar-refractivity contribution < 1.29 is 4.74 Å². The topological polar surface area (TPSA) is 84.8 Å². The largest absolute Gasteiger partial charge is 0.437 e. The van der Waals surface area contributed by atoms with Crippen LogP contribution in [0.25, 0.3) is 0 Å². The molecular formula is C12H10N4OS. The highest BCUT2D eigenvalue weighted by Crippen LogP contribution is 2.27. The molecule has 1 aromatic carbocycles. The molecule has 0 aliphatic rings. The fraction of sp³-hybridized carbons (Fsp3) is 0.0833. The first-order valence-electron chi connectivity index (χ1n) is 5.06. The SMILES string of the molecule is CSc1cc(Oc2ccc(C#N)cc2N)ncn1. The average molecular weight is 258 g/mol. The first-order valence-corrected chi connectivity index (χ1v) is 6.29. The molecule has 1 heterocycles. The van der Waals surface area contributed by atoms with Crippen LogP contribution in [-0.4, -0.2) is 16.2 Å². The average Bonchev–Trinajstić information content (AvgIpc) is 2.41. The van der Waals surface area contributed by atoms with Gasteiger partial charge in [0.1, 0.15) is 11.4 Å². The normalized spacial score (nSPS) is 9.78. The van der Waals surface area contributed by atoms with Gasteiger partial charge < -0.3 is 10.5 Å². The van der Waals surface area contributed by atoms with Crippen molar-refractivity contribution in [1.82, 2.24) is 9.97 Å². The zero-order valence-corrected chi connectivity index (χ0v) is 10.4. The Bertz CT molecular complexity index is 609. The van der Waals surface area contributed by atoms with Crippen molar-refractivity contribution >= 4 is 17.4 Å². The maximum Gasteiger partial charge on any atom is 0.223 e. The molecule has 2 aromatic rings. The maximum absolute atomic E-state index is 8.74. The molecule has 90 valence electrons. The van der Waals surface area contributed by atoms with Crippen LogP contribution in [0.5, 0.6) is 11.6 Å². The number of hydrogen-bond acceptors (Lipinski definition) is 6. The minimum Gasteiger partial charge on any atom is -0.437 e. The van der Waals surface area contributed by atoms with Gasteiger partial charge in [-0.1, -0.05) is 0 Å². The van der Waals surface area contributed by atoms with Gasteiger partial charge in [0.15, 0.2) is 5.75 Å². The second-order valence-electron chi connectivity index (χ2n) is 3.37. The smallest absolute Gasteiger partial charge is 0.223 e. The van der Waals surface area contributed by atoms with Crippen LogP contribution in [0.1, 0.15) is 5.56 Å². The third kappa shape index (κ3) is 2.70. The summed E-state index contributed by atoms with van der Waals surface area (Å²) < 4.78 is 5.55. The molecule has 0 bridgehead atoms. The molecule has 2 N–H and O–H groups in total. The summed E-state index contributed by atoms with van der Waals surface area (Å²) in [6, 6.07) is 8.59. The van der Waals surface area contributed by atoms with Gasteiger partial charge in [-0.05, 0) is 24.5 Å². The first kappa shape index (κ1) is 12.2. The van der Waals surface area contributed by atoms with Crippen molar-refractivity contribution in [3.05, 3.63) is 36.2 Å². The Hall–Kier alpha value is -2.26. The molecule has 2 rings (SSSR count). The number of nitriles is 1. The zero-order chi connectivity index (χ0) is 13.0. The third-order valence-electron chi connectivity index (χ3n) is 2.18. The third-order valence-corrected chi connectivity index (χ3v) is 2.82. The van der Waals surface area contributed by atoms with Crippen LogP contribution in [0.15, 0.2) is 35.6 Å². The second kappa shape index (κ2) is 5.38. The molecule has 0 radical (unpaired) electrons. The van der Waals surface area contributed by atoms with Crippen LogP contribution in [0, 0.1) is 11.3 Å². The van der Waals surface area contributed by atoms with Crippen LogP contribution in [0.3, 0.4) is 0 Å². The molecule has 0 amide bonds. The van der Waals surface area contributed by atoms with E-state index in [0.29, 0.717) is 22.9 Å².